The highest BCUT2D eigenvalue weighted by atomic mass is 32.2. The molecule has 1 aromatic carbocycles. The summed E-state index contributed by atoms with van der Waals surface area (Å²) in [6, 6.07) is 10.0. The van der Waals surface area contributed by atoms with Crippen molar-refractivity contribution in [3.05, 3.63) is 41.7 Å². The van der Waals surface area contributed by atoms with Gasteiger partial charge in [-0.1, -0.05) is 61.4 Å². The monoisotopic (exact) mass is 358 g/mol. The number of thioether (sulfide) groups is 1. The summed E-state index contributed by atoms with van der Waals surface area (Å²) in [6.07, 6.45) is 6.28. The lowest BCUT2D eigenvalue weighted by atomic mass is 9.89. The Morgan fingerprint density at radius 3 is 2.68 bits per heavy atom. The molecule has 1 N–H and O–H groups in total. The second kappa shape index (κ2) is 8.52. The Balaban J connectivity index is 1.53. The van der Waals surface area contributed by atoms with Crippen LogP contribution in [0.3, 0.4) is 0 Å². The van der Waals surface area contributed by atoms with Gasteiger partial charge in [-0.15, -0.1) is 10.2 Å². The highest BCUT2D eigenvalue weighted by molar-refractivity contribution is 7.99. The van der Waals surface area contributed by atoms with Crippen molar-refractivity contribution in [2.24, 2.45) is 7.05 Å². The first-order valence-electron chi connectivity index (χ1n) is 9.01. The van der Waals surface area contributed by atoms with E-state index < -0.39 is 0 Å². The van der Waals surface area contributed by atoms with Crippen LogP contribution in [-0.2, 0) is 11.8 Å². The van der Waals surface area contributed by atoms with Gasteiger partial charge >= 0.3 is 0 Å². The van der Waals surface area contributed by atoms with E-state index in [2.05, 4.69) is 20.1 Å². The molecular formula is C19H26N4OS. The zero-order valence-electron chi connectivity index (χ0n) is 14.9. The van der Waals surface area contributed by atoms with Gasteiger partial charge in [0.05, 0.1) is 11.8 Å². The number of carbonyl (C=O) groups is 1. The lowest BCUT2D eigenvalue weighted by Gasteiger charge is -2.20. The summed E-state index contributed by atoms with van der Waals surface area (Å²) >= 11 is 1.45. The van der Waals surface area contributed by atoms with Crippen molar-refractivity contribution in [1.29, 1.82) is 0 Å². The average Bonchev–Trinajstić information content (AvgIpc) is 3.02. The largest absolute Gasteiger partial charge is 0.349 e. The molecule has 0 radical (unpaired) electrons. The van der Waals surface area contributed by atoms with Gasteiger partial charge in [-0.25, -0.2) is 0 Å². The summed E-state index contributed by atoms with van der Waals surface area (Å²) < 4.78 is 2.06. The Labute approximate surface area is 153 Å². The van der Waals surface area contributed by atoms with Gasteiger partial charge in [0.15, 0.2) is 5.16 Å². The summed E-state index contributed by atoms with van der Waals surface area (Å²) in [5.41, 5.74) is 1.11. The Morgan fingerprint density at radius 1 is 1.24 bits per heavy atom. The van der Waals surface area contributed by atoms with E-state index in [1.54, 1.807) is 0 Å². The Bertz CT molecular complexity index is 695. The van der Waals surface area contributed by atoms with Crippen LogP contribution in [0.4, 0.5) is 0 Å². The van der Waals surface area contributed by atoms with Crippen LogP contribution in [0.25, 0.3) is 0 Å². The predicted octanol–water partition coefficient (Wildman–Crippen LogP) is 3.83. The molecule has 134 valence electrons. The molecule has 25 heavy (non-hydrogen) atoms. The molecule has 0 aliphatic heterocycles. The van der Waals surface area contributed by atoms with Gasteiger partial charge in [0, 0.05) is 13.0 Å². The number of nitrogens with one attached hydrogen (secondary N) is 1. The van der Waals surface area contributed by atoms with E-state index in [0.717, 1.165) is 16.5 Å². The molecule has 1 unspecified atom stereocenters. The quantitative estimate of drug-likeness (QED) is 0.797. The fraction of sp³-hybridized carbons (Fsp3) is 0.526. The molecule has 1 aromatic heterocycles. The number of nitrogens with zero attached hydrogens (tertiary/aromatic N) is 3. The van der Waals surface area contributed by atoms with E-state index in [4.69, 9.17) is 0 Å². The maximum atomic E-state index is 12.2. The predicted molar refractivity (Wildman–Crippen MR) is 101 cm³/mol. The Hall–Kier alpha value is -1.82. The summed E-state index contributed by atoms with van der Waals surface area (Å²) in [7, 11) is 2.01. The minimum absolute atomic E-state index is 0.00611. The fourth-order valence-electron chi connectivity index (χ4n) is 3.41. The van der Waals surface area contributed by atoms with E-state index in [1.165, 1.54) is 43.9 Å². The molecule has 1 amide bonds. The molecule has 1 aliphatic carbocycles. The molecule has 1 aliphatic rings. The minimum atomic E-state index is 0.00611. The van der Waals surface area contributed by atoms with Crippen molar-refractivity contribution in [3.63, 3.8) is 0 Å². The number of carbonyl (C=O) groups excluding carboxylic acids is 1. The molecule has 1 heterocycles. The maximum absolute atomic E-state index is 12.2. The number of rotatable bonds is 6. The highest BCUT2D eigenvalue weighted by Crippen LogP contribution is 2.32. The zero-order chi connectivity index (χ0) is 17.6. The molecule has 2 aromatic rings. The topological polar surface area (TPSA) is 59.8 Å². The molecule has 0 bridgehead atoms. The van der Waals surface area contributed by atoms with Crippen LogP contribution < -0.4 is 5.32 Å². The van der Waals surface area contributed by atoms with Crippen LogP contribution in [0, 0.1) is 0 Å². The SMILES string of the molecule is CC(NC(=O)CSc1nnc(C2CCCCC2)n1C)c1ccccc1. The van der Waals surface area contributed by atoms with Gasteiger partial charge in [-0.05, 0) is 25.3 Å². The second-order valence-electron chi connectivity index (χ2n) is 6.72. The van der Waals surface area contributed by atoms with Crippen LogP contribution in [-0.4, -0.2) is 26.4 Å². The van der Waals surface area contributed by atoms with Crippen molar-refractivity contribution in [1.82, 2.24) is 20.1 Å². The van der Waals surface area contributed by atoms with Crippen molar-refractivity contribution < 1.29 is 4.79 Å². The Kier molecular flexibility index (Phi) is 6.13. The first-order chi connectivity index (χ1) is 12.1. The van der Waals surface area contributed by atoms with Crippen molar-refractivity contribution in [2.75, 3.05) is 5.75 Å². The van der Waals surface area contributed by atoms with Gasteiger partial charge in [0.1, 0.15) is 5.82 Å². The summed E-state index contributed by atoms with van der Waals surface area (Å²) in [5.74, 6) is 1.96. The van der Waals surface area contributed by atoms with Crippen LogP contribution in [0.15, 0.2) is 35.5 Å². The molecule has 5 nitrogen and oxygen atoms in total. The van der Waals surface area contributed by atoms with E-state index in [1.807, 2.05) is 44.3 Å². The maximum Gasteiger partial charge on any atom is 0.230 e. The van der Waals surface area contributed by atoms with Gasteiger partial charge in [-0.2, -0.15) is 0 Å². The van der Waals surface area contributed by atoms with E-state index in [-0.39, 0.29) is 11.9 Å². The van der Waals surface area contributed by atoms with Crippen molar-refractivity contribution in [3.8, 4) is 0 Å². The molecule has 3 rings (SSSR count). The summed E-state index contributed by atoms with van der Waals surface area (Å²) in [6.45, 7) is 2.00. The normalized spacial score (nSPS) is 16.6. The number of hydrogen-bond acceptors (Lipinski definition) is 4. The molecule has 0 spiro atoms. The van der Waals surface area contributed by atoms with Gasteiger partial charge in [-0.3, -0.25) is 4.79 Å². The number of hydrogen-bond donors (Lipinski definition) is 1. The molecule has 1 saturated carbocycles. The first-order valence-corrected chi connectivity index (χ1v) is 10.00. The molecule has 1 fully saturated rings. The lowest BCUT2D eigenvalue weighted by Crippen LogP contribution is -2.28. The van der Waals surface area contributed by atoms with Crippen LogP contribution >= 0.6 is 11.8 Å². The van der Waals surface area contributed by atoms with Crippen molar-refractivity contribution >= 4 is 17.7 Å². The molecule has 0 saturated heterocycles. The van der Waals surface area contributed by atoms with Gasteiger partial charge in [0.2, 0.25) is 5.91 Å². The number of amides is 1. The summed E-state index contributed by atoms with van der Waals surface area (Å²) in [4.78, 5) is 12.2. The van der Waals surface area contributed by atoms with Gasteiger partial charge in [0.25, 0.3) is 0 Å². The third kappa shape index (κ3) is 4.63. The molecule has 6 heteroatoms. The van der Waals surface area contributed by atoms with Gasteiger partial charge < -0.3 is 9.88 Å². The molecule has 1 atom stereocenters. The van der Waals surface area contributed by atoms with Crippen LogP contribution in [0.1, 0.15) is 62.4 Å². The number of benzene rings is 1. The third-order valence-electron chi connectivity index (χ3n) is 4.85. The number of aromatic nitrogens is 3. The average molecular weight is 359 g/mol. The van der Waals surface area contributed by atoms with Crippen molar-refractivity contribution in [2.45, 2.75) is 56.1 Å². The highest BCUT2D eigenvalue weighted by Gasteiger charge is 2.22. The van der Waals surface area contributed by atoms with E-state index in [9.17, 15) is 4.79 Å². The molecular weight excluding hydrogens is 332 g/mol. The Morgan fingerprint density at radius 2 is 1.96 bits per heavy atom. The fourth-order valence-corrected chi connectivity index (χ4v) is 4.14. The first kappa shape index (κ1) is 18.0. The smallest absolute Gasteiger partial charge is 0.230 e. The lowest BCUT2D eigenvalue weighted by molar-refractivity contribution is -0.119. The van der Waals surface area contributed by atoms with Crippen LogP contribution in [0.2, 0.25) is 0 Å². The second-order valence-corrected chi connectivity index (χ2v) is 7.67. The van der Waals surface area contributed by atoms with E-state index >= 15 is 0 Å². The van der Waals surface area contributed by atoms with Crippen LogP contribution in [0.5, 0.6) is 0 Å². The third-order valence-corrected chi connectivity index (χ3v) is 5.87. The summed E-state index contributed by atoms with van der Waals surface area (Å²) in [5, 5.41) is 12.5. The zero-order valence-corrected chi connectivity index (χ0v) is 15.8. The van der Waals surface area contributed by atoms with E-state index in [0.29, 0.717) is 11.7 Å². The standard InChI is InChI=1S/C19H26N4OS/c1-14(15-9-5-3-6-10-15)20-17(24)13-25-19-22-21-18(23(19)2)16-11-7-4-8-12-16/h3,5-6,9-10,14,16H,4,7-8,11-13H2,1-2H3,(H,20,24). The minimum Gasteiger partial charge on any atom is -0.349 e.